The van der Waals surface area contributed by atoms with Gasteiger partial charge < -0.3 is 4.18 Å². The Bertz CT molecular complexity index is 864. The van der Waals surface area contributed by atoms with Crippen molar-refractivity contribution in [3.63, 3.8) is 0 Å². The van der Waals surface area contributed by atoms with Gasteiger partial charge in [-0.25, -0.2) is 8.42 Å². The second-order valence-electron chi connectivity index (χ2n) is 6.48. The molecule has 0 saturated heterocycles. The Morgan fingerprint density at radius 2 is 1.79 bits per heavy atom. The van der Waals surface area contributed by atoms with Crippen molar-refractivity contribution in [3.8, 4) is 5.75 Å². The molecule has 132 valence electrons. The van der Waals surface area contributed by atoms with Crippen LogP contribution in [0.1, 0.15) is 50.5 Å². The minimum atomic E-state index is -4.18. The zero-order valence-electron chi connectivity index (χ0n) is 13.3. The highest BCUT2D eigenvalue weighted by molar-refractivity contribution is 7.95. The fourth-order valence-corrected chi connectivity index (χ4v) is 5.42. The minimum Gasteiger partial charge on any atom is -0.371 e. The third-order valence-corrected chi connectivity index (χ3v) is 6.57. The lowest BCUT2D eigenvalue weighted by Crippen LogP contribution is -2.19. The maximum Gasteiger partial charge on any atom is 0.380 e. The van der Waals surface area contributed by atoms with E-state index >= 15 is 0 Å². The van der Waals surface area contributed by atoms with Gasteiger partial charge in [-0.05, 0) is 35.6 Å². The van der Waals surface area contributed by atoms with Crippen molar-refractivity contribution in [2.75, 3.05) is 0 Å². The van der Waals surface area contributed by atoms with Crippen molar-refractivity contribution < 1.29 is 21.0 Å². The quantitative estimate of drug-likeness (QED) is 0.820. The Morgan fingerprint density at radius 3 is 2.42 bits per heavy atom. The highest BCUT2D eigenvalue weighted by Crippen LogP contribution is 2.41. The first-order valence-electron chi connectivity index (χ1n) is 8.07. The van der Waals surface area contributed by atoms with Crippen molar-refractivity contribution in [2.45, 2.75) is 49.8 Å². The number of rotatable bonds is 4. The molecular formula is C16H21NO5S2. The number of allylic oxidation sites excluding steroid dienone is 1. The first kappa shape index (κ1) is 17.4. The molecule has 0 aromatic heterocycles. The van der Waals surface area contributed by atoms with Gasteiger partial charge in [0, 0.05) is 11.5 Å². The van der Waals surface area contributed by atoms with E-state index in [2.05, 4.69) is 4.18 Å². The molecule has 1 aromatic rings. The van der Waals surface area contributed by atoms with Gasteiger partial charge in [-0.1, -0.05) is 38.5 Å². The molecule has 0 radical (unpaired) electrons. The average molecular weight is 371 g/mol. The molecular weight excluding hydrogens is 350 g/mol. The van der Waals surface area contributed by atoms with E-state index < -0.39 is 20.1 Å². The van der Waals surface area contributed by atoms with E-state index in [0.29, 0.717) is 11.5 Å². The summed E-state index contributed by atoms with van der Waals surface area (Å²) in [4.78, 5) is 0.0901. The maximum absolute atomic E-state index is 12.4. The van der Waals surface area contributed by atoms with Crippen LogP contribution in [0, 0.1) is 5.92 Å². The number of nitrogens with two attached hydrogens (primary N) is 1. The van der Waals surface area contributed by atoms with Gasteiger partial charge in [0.25, 0.3) is 0 Å². The Balaban J connectivity index is 1.88. The van der Waals surface area contributed by atoms with E-state index in [1.165, 1.54) is 43.2 Å². The van der Waals surface area contributed by atoms with Crippen LogP contribution in [0.3, 0.4) is 0 Å². The van der Waals surface area contributed by atoms with Crippen molar-refractivity contribution >= 4 is 25.7 Å². The largest absolute Gasteiger partial charge is 0.380 e. The summed E-state index contributed by atoms with van der Waals surface area (Å²) in [5.41, 5.74) is 1.44. The highest BCUT2D eigenvalue weighted by atomic mass is 32.2. The van der Waals surface area contributed by atoms with Gasteiger partial charge in [-0.15, -0.1) is 0 Å². The van der Waals surface area contributed by atoms with Crippen LogP contribution in [0.15, 0.2) is 28.5 Å². The maximum atomic E-state index is 12.4. The Morgan fingerprint density at radius 1 is 1.12 bits per heavy atom. The average Bonchev–Trinajstić information content (AvgIpc) is 2.65. The fraction of sp³-hybridized carbons (Fsp3) is 0.500. The number of hydrogen-bond acceptors (Lipinski definition) is 5. The molecule has 0 bridgehead atoms. The van der Waals surface area contributed by atoms with Crippen molar-refractivity contribution in [3.05, 3.63) is 29.2 Å². The molecule has 1 saturated carbocycles. The zero-order valence-corrected chi connectivity index (χ0v) is 14.9. The third kappa shape index (κ3) is 3.99. The Hall–Kier alpha value is -1.38. The van der Waals surface area contributed by atoms with Crippen LogP contribution in [0.4, 0.5) is 0 Å². The molecule has 2 N–H and O–H groups in total. The molecule has 0 unspecified atom stereocenters. The van der Waals surface area contributed by atoms with Gasteiger partial charge in [0.15, 0.2) is 0 Å². The van der Waals surface area contributed by atoms with Crippen LogP contribution in [0.2, 0.25) is 0 Å². The lowest BCUT2D eigenvalue weighted by Gasteiger charge is -2.15. The van der Waals surface area contributed by atoms with E-state index in [0.717, 1.165) is 24.8 Å². The smallest absolute Gasteiger partial charge is 0.371 e. The summed E-state index contributed by atoms with van der Waals surface area (Å²) >= 11 is 0. The molecule has 1 fully saturated rings. The topological polar surface area (TPSA) is 104 Å². The van der Waals surface area contributed by atoms with Gasteiger partial charge in [-0.2, -0.15) is 13.6 Å². The molecule has 1 aliphatic heterocycles. The van der Waals surface area contributed by atoms with Gasteiger partial charge >= 0.3 is 10.3 Å². The first-order chi connectivity index (χ1) is 11.2. The molecule has 24 heavy (non-hydrogen) atoms. The number of sulfone groups is 1. The van der Waals surface area contributed by atoms with Crippen molar-refractivity contribution in [1.82, 2.24) is 0 Å². The van der Waals surface area contributed by atoms with Gasteiger partial charge in [-0.3, -0.25) is 0 Å². The normalized spacial score (nSPS) is 21.0. The van der Waals surface area contributed by atoms with Crippen LogP contribution < -0.4 is 9.32 Å². The van der Waals surface area contributed by atoms with Crippen LogP contribution in [0.5, 0.6) is 5.75 Å². The van der Waals surface area contributed by atoms with E-state index in [-0.39, 0.29) is 10.6 Å². The van der Waals surface area contributed by atoms with E-state index in [1.54, 1.807) is 6.07 Å². The van der Waals surface area contributed by atoms with Crippen molar-refractivity contribution in [2.24, 2.45) is 11.1 Å². The molecule has 0 amide bonds. The summed E-state index contributed by atoms with van der Waals surface area (Å²) in [6, 6.07) is 4.26. The molecule has 0 spiro atoms. The molecule has 3 rings (SSSR count). The fourth-order valence-electron chi connectivity index (χ4n) is 3.54. The summed E-state index contributed by atoms with van der Waals surface area (Å²) in [6.07, 6.45) is 7.87. The second kappa shape index (κ2) is 6.50. The second-order valence-corrected chi connectivity index (χ2v) is 9.40. The lowest BCUT2D eigenvalue weighted by atomic mass is 9.90. The van der Waals surface area contributed by atoms with Crippen LogP contribution in [0.25, 0.3) is 5.57 Å². The third-order valence-electron chi connectivity index (χ3n) is 4.60. The molecule has 6 nitrogen and oxygen atoms in total. The summed E-state index contributed by atoms with van der Waals surface area (Å²) in [5, 5.41) is 6.14. The Kier molecular flexibility index (Phi) is 4.72. The summed E-state index contributed by atoms with van der Waals surface area (Å²) in [6.45, 7) is 0. The van der Waals surface area contributed by atoms with Gasteiger partial charge in [0.05, 0.1) is 4.90 Å². The summed E-state index contributed by atoms with van der Waals surface area (Å²) in [7, 11) is -7.75. The number of hydrogen-bond donors (Lipinski definition) is 1. The number of fused-ring (bicyclic) bond motifs is 1. The monoisotopic (exact) mass is 371 g/mol. The molecule has 1 aromatic carbocycles. The zero-order chi connectivity index (χ0) is 17.4. The van der Waals surface area contributed by atoms with E-state index in [9.17, 15) is 16.8 Å². The predicted octanol–water partition coefficient (Wildman–Crippen LogP) is 2.76. The minimum absolute atomic E-state index is 0.0901. The van der Waals surface area contributed by atoms with Gasteiger partial charge in [0.2, 0.25) is 9.84 Å². The van der Waals surface area contributed by atoms with Crippen LogP contribution in [-0.4, -0.2) is 16.8 Å². The first-order valence-corrected chi connectivity index (χ1v) is 11.1. The highest BCUT2D eigenvalue weighted by Gasteiger charge is 2.29. The molecule has 8 heteroatoms. The van der Waals surface area contributed by atoms with E-state index in [4.69, 9.17) is 5.14 Å². The number of benzene rings is 1. The standard InChI is InChI=1S/C16H21NO5S2/c17-24(20,21)22-14-7-8-15-13(11-23(18,19)16(15)10-14)9-12-5-3-1-2-4-6-12/h7-8,10-12H,1-6,9H2,(H2,17,20,21). The summed E-state index contributed by atoms with van der Waals surface area (Å²) < 4.78 is 51.4. The molecule has 2 aliphatic rings. The predicted molar refractivity (Wildman–Crippen MR) is 91.1 cm³/mol. The summed E-state index contributed by atoms with van der Waals surface area (Å²) in [5.74, 6) is 0.407. The molecule has 1 aliphatic carbocycles. The SMILES string of the molecule is NS(=O)(=O)Oc1ccc2c(c1)S(=O)(=O)C=C2CC1CCCCCC1. The Labute approximate surface area is 142 Å². The molecule has 1 heterocycles. The lowest BCUT2D eigenvalue weighted by molar-refractivity contribution is 0.471. The molecule has 0 atom stereocenters. The van der Waals surface area contributed by atoms with Crippen molar-refractivity contribution in [1.29, 1.82) is 0 Å². The van der Waals surface area contributed by atoms with Crippen LogP contribution in [-0.2, 0) is 20.1 Å². The van der Waals surface area contributed by atoms with Crippen LogP contribution >= 0.6 is 0 Å². The van der Waals surface area contributed by atoms with E-state index in [1.807, 2.05) is 0 Å². The van der Waals surface area contributed by atoms with Gasteiger partial charge in [0.1, 0.15) is 5.75 Å².